The molecule has 0 aromatic heterocycles. The van der Waals surface area contributed by atoms with Gasteiger partial charge in [-0.05, 0) is 97.3 Å². The SMILES string of the molecule is NC1=C(c2cccc(Cl)c2)CCN(C(=O)Oc2ccc(Cl)cc2)C1c1ccc(OCCCCCC[N+]2(CCO)CC2)cc1. The number of halogens is 2. The van der Waals surface area contributed by atoms with Crippen LogP contribution in [0, 0.1) is 0 Å². The minimum absolute atomic E-state index is 0.283. The fourth-order valence-electron chi connectivity index (χ4n) is 5.80. The molecule has 0 spiro atoms. The summed E-state index contributed by atoms with van der Waals surface area (Å²) in [6, 6.07) is 21.6. The van der Waals surface area contributed by atoms with Gasteiger partial charge in [-0.15, -0.1) is 0 Å². The van der Waals surface area contributed by atoms with Gasteiger partial charge in [0, 0.05) is 22.3 Å². The number of nitrogens with zero attached hydrogens (tertiary/aromatic N) is 2. The van der Waals surface area contributed by atoms with Crippen molar-refractivity contribution in [3.05, 3.63) is 99.7 Å². The number of aliphatic hydroxyl groups is 1. The fraction of sp³-hybridized carbons (Fsp3) is 0.382. The van der Waals surface area contributed by atoms with Crippen molar-refractivity contribution in [3.8, 4) is 11.5 Å². The van der Waals surface area contributed by atoms with Crippen LogP contribution in [-0.2, 0) is 0 Å². The largest absolute Gasteiger partial charge is 0.494 e. The molecule has 1 unspecified atom stereocenters. The van der Waals surface area contributed by atoms with Gasteiger partial charge in [0.1, 0.15) is 37.2 Å². The van der Waals surface area contributed by atoms with E-state index in [1.165, 1.54) is 32.5 Å². The van der Waals surface area contributed by atoms with Crippen molar-refractivity contribution < 1.29 is 23.9 Å². The highest BCUT2D eigenvalue weighted by Crippen LogP contribution is 2.39. The lowest BCUT2D eigenvalue weighted by Crippen LogP contribution is -2.43. The molecule has 0 radical (unpaired) electrons. The molecular formula is C34H40Cl2N3O4+. The molecule has 43 heavy (non-hydrogen) atoms. The topological polar surface area (TPSA) is 85.0 Å². The Morgan fingerprint density at radius 2 is 1.63 bits per heavy atom. The zero-order chi connectivity index (χ0) is 30.2. The molecule has 2 aliphatic heterocycles. The number of benzene rings is 3. The first-order valence-electron chi connectivity index (χ1n) is 15.0. The van der Waals surface area contributed by atoms with Crippen molar-refractivity contribution in [2.75, 3.05) is 45.9 Å². The number of carbonyl (C=O) groups excluding carboxylic acids is 1. The summed E-state index contributed by atoms with van der Waals surface area (Å²) in [6.45, 7) is 5.86. The number of aliphatic hydroxyl groups excluding tert-OH is 1. The van der Waals surface area contributed by atoms with Crippen molar-refractivity contribution in [3.63, 3.8) is 0 Å². The standard InChI is InChI=1S/C34H40Cl2N3O4/c35-27-10-14-30(15-11-27)43-34(41)38-17-16-31(26-6-5-7-28(36)24-26)32(37)33(38)25-8-12-29(13-9-25)42-23-4-2-1-3-18-39(19-20-39)21-22-40/h5-15,24,33,40H,1-4,16-23,37H2/q+1. The van der Waals surface area contributed by atoms with Gasteiger partial charge in [-0.3, -0.25) is 4.90 Å². The second kappa shape index (κ2) is 14.5. The number of quaternary nitrogens is 1. The summed E-state index contributed by atoms with van der Waals surface area (Å²) in [5.74, 6) is 1.19. The number of hydrogen-bond acceptors (Lipinski definition) is 5. The van der Waals surface area contributed by atoms with E-state index in [1.807, 2.05) is 48.5 Å². The van der Waals surface area contributed by atoms with E-state index in [4.69, 9.17) is 38.4 Å². The van der Waals surface area contributed by atoms with E-state index in [0.717, 1.165) is 46.3 Å². The zero-order valence-electron chi connectivity index (χ0n) is 24.4. The molecule has 0 aliphatic carbocycles. The van der Waals surface area contributed by atoms with Crippen molar-refractivity contribution in [2.45, 2.75) is 38.1 Å². The molecule has 2 heterocycles. The predicted molar refractivity (Wildman–Crippen MR) is 171 cm³/mol. The summed E-state index contributed by atoms with van der Waals surface area (Å²) in [5.41, 5.74) is 10.2. The highest BCUT2D eigenvalue weighted by molar-refractivity contribution is 6.31. The van der Waals surface area contributed by atoms with Crippen LogP contribution >= 0.6 is 23.2 Å². The molecule has 7 nitrogen and oxygen atoms in total. The third-order valence-corrected chi connectivity index (χ3v) is 8.89. The molecule has 2 aliphatic rings. The summed E-state index contributed by atoms with van der Waals surface area (Å²) in [6.07, 6.45) is 4.58. The monoisotopic (exact) mass is 624 g/mol. The third-order valence-electron chi connectivity index (χ3n) is 8.41. The lowest BCUT2D eigenvalue weighted by Gasteiger charge is -2.37. The van der Waals surface area contributed by atoms with Gasteiger partial charge in [0.05, 0.1) is 19.8 Å². The first-order chi connectivity index (χ1) is 20.9. The van der Waals surface area contributed by atoms with Crippen LogP contribution in [0.25, 0.3) is 5.57 Å². The number of carbonyl (C=O) groups is 1. The van der Waals surface area contributed by atoms with E-state index < -0.39 is 12.1 Å². The van der Waals surface area contributed by atoms with Crippen LogP contribution in [0.2, 0.25) is 10.0 Å². The Bertz CT molecular complexity index is 1410. The molecule has 5 rings (SSSR count). The number of ether oxygens (including phenoxy) is 2. The van der Waals surface area contributed by atoms with Crippen molar-refractivity contribution >= 4 is 34.9 Å². The number of amides is 1. The van der Waals surface area contributed by atoms with Gasteiger partial charge in [0.2, 0.25) is 0 Å². The predicted octanol–water partition coefficient (Wildman–Crippen LogP) is 7.07. The number of rotatable bonds is 13. The second-order valence-corrected chi connectivity index (χ2v) is 12.3. The maximum atomic E-state index is 13.4. The van der Waals surface area contributed by atoms with Crippen LogP contribution in [0.4, 0.5) is 4.79 Å². The summed E-state index contributed by atoms with van der Waals surface area (Å²) in [5, 5.41) is 10.4. The van der Waals surface area contributed by atoms with Gasteiger partial charge in [-0.25, -0.2) is 4.79 Å². The molecule has 3 aromatic rings. The van der Waals surface area contributed by atoms with Crippen LogP contribution in [0.5, 0.6) is 11.5 Å². The first kappa shape index (κ1) is 31.2. The van der Waals surface area contributed by atoms with Crippen molar-refractivity contribution in [1.29, 1.82) is 0 Å². The summed E-state index contributed by atoms with van der Waals surface area (Å²) in [4.78, 5) is 15.1. The molecule has 3 N–H and O–H groups in total. The van der Waals surface area contributed by atoms with Crippen LogP contribution in [-0.4, -0.2) is 66.5 Å². The quantitative estimate of drug-likeness (QED) is 0.121. The number of hydrogen-bond donors (Lipinski definition) is 2. The molecule has 9 heteroatoms. The normalized spacial score (nSPS) is 17.6. The number of nitrogens with two attached hydrogens (primary N) is 1. The summed E-state index contributed by atoms with van der Waals surface area (Å²) < 4.78 is 12.8. The number of unbranched alkanes of at least 4 members (excludes halogenated alkanes) is 3. The average molecular weight is 626 g/mol. The molecule has 0 saturated carbocycles. The Morgan fingerprint density at radius 3 is 2.33 bits per heavy atom. The van der Waals surface area contributed by atoms with Crippen LogP contribution in [0.3, 0.4) is 0 Å². The molecule has 3 aromatic carbocycles. The summed E-state index contributed by atoms with van der Waals surface area (Å²) >= 11 is 12.3. The van der Waals surface area contributed by atoms with E-state index in [0.29, 0.717) is 41.1 Å². The average Bonchev–Trinajstić information content (AvgIpc) is 3.77. The van der Waals surface area contributed by atoms with Crippen LogP contribution in [0.1, 0.15) is 49.3 Å². The smallest absolute Gasteiger partial charge is 0.416 e. The molecule has 1 saturated heterocycles. The Labute approximate surface area is 264 Å². The highest BCUT2D eigenvalue weighted by Gasteiger charge is 2.40. The Kier molecular flexibility index (Phi) is 10.5. The van der Waals surface area contributed by atoms with Gasteiger partial charge < -0.3 is 24.8 Å². The van der Waals surface area contributed by atoms with E-state index >= 15 is 0 Å². The lowest BCUT2D eigenvalue weighted by atomic mass is 9.89. The molecular weight excluding hydrogens is 585 g/mol. The second-order valence-electron chi connectivity index (χ2n) is 11.4. The first-order valence-corrected chi connectivity index (χ1v) is 15.8. The maximum Gasteiger partial charge on any atom is 0.416 e. The fourth-order valence-corrected chi connectivity index (χ4v) is 6.11. The van der Waals surface area contributed by atoms with E-state index in [2.05, 4.69) is 0 Å². The van der Waals surface area contributed by atoms with Gasteiger partial charge >= 0.3 is 6.09 Å². The summed E-state index contributed by atoms with van der Waals surface area (Å²) in [7, 11) is 0. The zero-order valence-corrected chi connectivity index (χ0v) is 25.9. The molecule has 228 valence electrons. The van der Waals surface area contributed by atoms with Crippen LogP contribution in [0.15, 0.2) is 78.5 Å². The van der Waals surface area contributed by atoms with Gasteiger partial charge in [0.15, 0.2) is 0 Å². The molecule has 1 amide bonds. The van der Waals surface area contributed by atoms with Crippen LogP contribution < -0.4 is 15.2 Å². The molecule has 1 fully saturated rings. The molecule has 0 bridgehead atoms. The van der Waals surface area contributed by atoms with E-state index in [1.54, 1.807) is 29.2 Å². The molecule has 1 atom stereocenters. The third kappa shape index (κ3) is 8.24. The van der Waals surface area contributed by atoms with Crippen molar-refractivity contribution in [2.24, 2.45) is 5.73 Å². The minimum atomic E-state index is -0.518. The van der Waals surface area contributed by atoms with E-state index in [-0.39, 0.29) is 6.61 Å². The minimum Gasteiger partial charge on any atom is -0.494 e. The lowest BCUT2D eigenvalue weighted by molar-refractivity contribution is -0.800. The maximum absolute atomic E-state index is 13.4. The Balaban J connectivity index is 1.24. The Morgan fingerprint density at radius 1 is 0.907 bits per heavy atom. The van der Waals surface area contributed by atoms with Gasteiger partial charge in [-0.1, -0.05) is 47.5 Å². The highest BCUT2D eigenvalue weighted by atomic mass is 35.5. The van der Waals surface area contributed by atoms with Gasteiger partial charge in [-0.2, -0.15) is 0 Å². The van der Waals surface area contributed by atoms with E-state index in [9.17, 15) is 9.90 Å². The Hall–Kier alpha value is -3.23. The van der Waals surface area contributed by atoms with Gasteiger partial charge in [0.25, 0.3) is 0 Å². The van der Waals surface area contributed by atoms with Crippen molar-refractivity contribution in [1.82, 2.24) is 4.90 Å².